The third-order valence-electron chi connectivity index (χ3n) is 4.98. The van der Waals surface area contributed by atoms with Gasteiger partial charge < -0.3 is 9.47 Å². The standard InChI is InChI=1S/C23H14IN3O5/c24-15-6-7-19-18(11-15)23(28)26(16-2-1-3-17(12-16)27(29)30)22(25-19)9-5-14-4-8-20-21(10-14)32-13-31-20/h1-12H,13H2/b9-5+. The Kier molecular flexibility index (Phi) is 5.10. The largest absolute Gasteiger partial charge is 0.454 e. The normalized spacial score (nSPS) is 12.5. The van der Waals surface area contributed by atoms with E-state index < -0.39 is 4.92 Å². The van der Waals surface area contributed by atoms with Gasteiger partial charge in [0, 0.05) is 15.7 Å². The predicted octanol–water partition coefficient (Wildman–Crippen LogP) is 4.80. The van der Waals surface area contributed by atoms with Crippen LogP contribution in [-0.4, -0.2) is 21.3 Å². The minimum atomic E-state index is -0.492. The summed E-state index contributed by atoms with van der Waals surface area (Å²) in [5.41, 5.74) is 1.32. The fourth-order valence-corrected chi connectivity index (χ4v) is 3.96. The zero-order valence-electron chi connectivity index (χ0n) is 16.4. The second-order valence-electron chi connectivity index (χ2n) is 7.00. The maximum atomic E-state index is 13.4. The van der Waals surface area contributed by atoms with E-state index in [1.165, 1.54) is 16.7 Å². The zero-order chi connectivity index (χ0) is 22.2. The lowest BCUT2D eigenvalue weighted by atomic mass is 10.1. The van der Waals surface area contributed by atoms with Crippen molar-refractivity contribution >= 4 is 51.3 Å². The molecule has 0 radical (unpaired) electrons. The van der Waals surface area contributed by atoms with Crippen LogP contribution in [0.15, 0.2) is 65.5 Å². The molecule has 0 aliphatic carbocycles. The van der Waals surface area contributed by atoms with Gasteiger partial charge >= 0.3 is 0 Å². The van der Waals surface area contributed by atoms with Crippen molar-refractivity contribution in [2.75, 3.05) is 6.79 Å². The molecule has 1 aromatic heterocycles. The van der Waals surface area contributed by atoms with E-state index in [-0.39, 0.29) is 18.0 Å². The minimum absolute atomic E-state index is 0.108. The van der Waals surface area contributed by atoms with Crippen LogP contribution in [0, 0.1) is 13.7 Å². The van der Waals surface area contributed by atoms with Crippen LogP contribution >= 0.6 is 22.6 Å². The molecule has 5 rings (SSSR count). The lowest BCUT2D eigenvalue weighted by Gasteiger charge is -2.11. The quantitative estimate of drug-likeness (QED) is 0.210. The number of fused-ring (bicyclic) bond motifs is 2. The molecule has 1 aliphatic heterocycles. The third kappa shape index (κ3) is 3.71. The van der Waals surface area contributed by atoms with Crippen molar-refractivity contribution in [2.45, 2.75) is 0 Å². The monoisotopic (exact) mass is 539 g/mol. The molecule has 3 aromatic carbocycles. The fourth-order valence-electron chi connectivity index (χ4n) is 3.47. The Bertz CT molecular complexity index is 1480. The topological polar surface area (TPSA) is 96.5 Å². The number of nitro groups is 1. The van der Waals surface area contributed by atoms with Crippen LogP contribution in [0.25, 0.3) is 28.7 Å². The van der Waals surface area contributed by atoms with Gasteiger partial charge in [-0.2, -0.15) is 0 Å². The number of benzene rings is 3. The summed E-state index contributed by atoms with van der Waals surface area (Å²) in [6.07, 6.45) is 3.51. The number of non-ortho nitro benzene ring substituents is 1. The van der Waals surface area contributed by atoms with Crippen LogP contribution in [-0.2, 0) is 0 Å². The second-order valence-corrected chi connectivity index (χ2v) is 8.24. The number of nitro benzene ring substituents is 1. The molecule has 8 nitrogen and oxygen atoms in total. The molecule has 1 aliphatic rings. The molecule has 4 aromatic rings. The van der Waals surface area contributed by atoms with Crippen molar-refractivity contribution < 1.29 is 14.4 Å². The summed E-state index contributed by atoms with van der Waals surface area (Å²) in [7, 11) is 0. The van der Waals surface area contributed by atoms with Crippen LogP contribution in [0.1, 0.15) is 11.4 Å². The first-order chi connectivity index (χ1) is 15.5. The number of rotatable bonds is 4. The third-order valence-corrected chi connectivity index (χ3v) is 5.65. The Morgan fingerprint density at radius 1 is 1.03 bits per heavy atom. The van der Waals surface area contributed by atoms with Crippen molar-refractivity contribution in [3.63, 3.8) is 0 Å². The van der Waals surface area contributed by atoms with Gasteiger partial charge in [-0.1, -0.05) is 18.2 Å². The first kappa shape index (κ1) is 20.2. The van der Waals surface area contributed by atoms with Gasteiger partial charge in [0.25, 0.3) is 11.2 Å². The van der Waals surface area contributed by atoms with Gasteiger partial charge in [-0.25, -0.2) is 4.98 Å². The summed E-state index contributed by atoms with van der Waals surface area (Å²) >= 11 is 2.13. The fraction of sp³-hybridized carbons (Fsp3) is 0.0435. The van der Waals surface area contributed by atoms with E-state index in [1.54, 1.807) is 36.4 Å². The van der Waals surface area contributed by atoms with E-state index in [0.717, 1.165) is 9.13 Å². The molecule has 0 bridgehead atoms. The highest BCUT2D eigenvalue weighted by Crippen LogP contribution is 2.33. The average molecular weight is 539 g/mol. The van der Waals surface area contributed by atoms with Crippen molar-refractivity contribution in [3.05, 3.63) is 96.1 Å². The Balaban J connectivity index is 1.69. The maximum Gasteiger partial charge on any atom is 0.271 e. The van der Waals surface area contributed by atoms with Gasteiger partial charge in [-0.3, -0.25) is 19.5 Å². The van der Waals surface area contributed by atoms with E-state index in [4.69, 9.17) is 9.47 Å². The summed E-state index contributed by atoms with van der Waals surface area (Å²) in [5.74, 6) is 1.67. The molecule has 0 amide bonds. The van der Waals surface area contributed by atoms with Gasteiger partial charge in [0.1, 0.15) is 5.82 Å². The predicted molar refractivity (Wildman–Crippen MR) is 128 cm³/mol. The van der Waals surface area contributed by atoms with Crippen LogP contribution in [0.5, 0.6) is 11.5 Å². The van der Waals surface area contributed by atoms with E-state index in [0.29, 0.717) is 33.9 Å². The van der Waals surface area contributed by atoms with Crippen LogP contribution in [0.2, 0.25) is 0 Å². The SMILES string of the molecule is O=c1c2cc(I)ccc2nc(/C=C/c2ccc3c(c2)OCO3)n1-c1cccc([N+](=O)[O-])c1. The van der Waals surface area contributed by atoms with Crippen LogP contribution in [0.4, 0.5) is 5.69 Å². The molecule has 0 atom stereocenters. The van der Waals surface area contributed by atoms with Crippen molar-refractivity contribution in [3.8, 4) is 17.2 Å². The van der Waals surface area contributed by atoms with E-state index >= 15 is 0 Å². The number of halogens is 1. The molecule has 0 fully saturated rings. The summed E-state index contributed by atoms with van der Waals surface area (Å²) < 4.78 is 13.0. The number of aromatic nitrogens is 2. The Morgan fingerprint density at radius 2 is 1.88 bits per heavy atom. The van der Waals surface area contributed by atoms with Crippen LogP contribution < -0.4 is 15.0 Å². The number of hydrogen-bond acceptors (Lipinski definition) is 6. The second kappa shape index (κ2) is 8.08. The van der Waals surface area contributed by atoms with Gasteiger partial charge in [0.15, 0.2) is 11.5 Å². The Hall–Kier alpha value is -3.73. The Labute approximate surface area is 195 Å². The minimum Gasteiger partial charge on any atom is -0.454 e. The highest BCUT2D eigenvalue weighted by atomic mass is 127. The molecule has 0 saturated heterocycles. The number of nitrogens with zero attached hydrogens (tertiary/aromatic N) is 3. The molecule has 2 heterocycles. The van der Waals surface area contributed by atoms with Gasteiger partial charge in [0.05, 0.1) is 21.5 Å². The van der Waals surface area contributed by atoms with Crippen molar-refractivity contribution in [1.29, 1.82) is 0 Å². The molecule has 0 N–H and O–H groups in total. The number of hydrogen-bond donors (Lipinski definition) is 0. The summed E-state index contributed by atoms with van der Waals surface area (Å²) in [4.78, 5) is 28.9. The first-order valence-electron chi connectivity index (χ1n) is 9.54. The summed E-state index contributed by atoms with van der Waals surface area (Å²) in [5, 5.41) is 11.7. The summed E-state index contributed by atoms with van der Waals surface area (Å²) in [6, 6.07) is 16.9. The lowest BCUT2D eigenvalue weighted by Crippen LogP contribution is -2.22. The Morgan fingerprint density at radius 3 is 2.72 bits per heavy atom. The average Bonchev–Trinajstić information content (AvgIpc) is 3.26. The van der Waals surface area contributed by atoms with E-state index in [2.05, 4.69) is 27.6 Å². The molecule has 9 heteroatoms. The van der Waals surface area contributed by atoms with Crippen molar-refractivity contribution in [2.24, 2.45) is 0 Å². The van der Waals surface area contributed by atoms with Gasteiger partial charge in [-0.15, -0.1) is 0 Å². The van der Waals surface area contributed by atoms with E-state index in [1.807, 2.05) is 24.3 Å². The molecule has 0 unspecified atom stereocenters. The highest BCUT2D eigenvalue weighted by Gasteiger charge is 2.15. The summed E-state index contributed by atoms with van der Waals surface area (Å²) in [6.45, 7) is 0.180. The van der Waals surface area contributed by atoms with E-state index in [9.17, 15) is 14.9 Å². The van der Waals surface area contributed by atoms with Gasteiger partial charge in [-0.05, 0) is 70.6 Å². The van der Waals surface area contributed by atoms with Gasteiger partial charge in [0.2, 0.25) is 6.79 Å². The lowest BCUT2D eigenvalue weighted by molar-refractivity contribution is -0.384. The molecule has 0 saturated carbocycles. The molecular formula is C23H14IN3O5. The molecule has 0 spiro atoms. The molecule has 158 valence electrons. The van der Waals surface area contributed by atoms with Crippen molar-refractivity contribution in [1.82, 2.24) is 9.55 Å². The molecular weight excluding hydrogens is 525 g/mol. The smallest absolute Gasteiger partial charge is 0.271 e. The first-order valence-corrected chi connectivity index (χ1v) is 10.6. The van der Waals surface area contributed by atoms with Crippen LogP contribution in [0.3, 0.4) is 0 Å². The highest BCUT2D eigenvalue weighted by molar-refractivity contribution is 14.1. The molecule has 32 heavy (non-hydrogen) atoms. The number of ether oxygens (including phenoxy) is 2. The zero-order valence-corrected chi connectivity index (χ0v) is 18.6. The maximum absolute atomic E-state index is 13.4.